The number of fused-ring (bicyclic) bond motifs is 1. The highest BCUT2D eigenvalue weighted by molar-refractivity contribution is 5.82. The Labute approximate surface area is 185 Å². The maximum atomic E-state index is 13.0. The van der Waals surface area contributed by atoms with E-state index in [0.29, 0.717) is 38.5 Å². The van der Waals surface area contributed by atoms with Gasteiger partial charge in [0.05, 0.1) is 5.60 Å². The minimum Gasteiger partial charge on any atom is -0.390 e. The van der Waals surface area contributed by atoms with Crippen molar-refractivity contribution < 1.29 is 41.4 Å². The Bertz CT molecular complexity index is 677. The number of hydrogen-bond acceptors (Lipinski definition) is 3. The molecule has 0 radical (unpaired) electrons. The van der Waals surface area contributed by atoms with Gasteiger partial charge in [0.2, 0.25) is 0 Å². The van der Waals surface area contributed by atoms with E-state index < -0.39 is 29.0 Å². The van der Waals surface area contributed by atoms with Gasteiger partial charge in [-0.05, 0) is 82.1 Å². The summed E-state index contributed by atoms with van der Waals surface area (Å²) in [5, 5.41) is 19.5. The summed E-state index contributed by atoms with van der Waals surface area (Å²) in [7, 11) is 0. The molecular formula is C23H34F6O3. The summed E-state index contributed by atoms with van der Waals surface area (Å²) in [6.07, 6.45) is -6.34. The molecule has 3 nitrogen and oxygen atoms in total. The fourth-order valence-corrected chi connectivity index (χ4v) is 5.64. The summed E-state index contributed by atoms with van der Waals surface area (Å²) in [5.74, 6) is 0.157. The first-order valence-corrected chi connectivity index (χ1v) is 11.2. The quantitative estimate of drug-likeness (QED) is 0.330. The van der Waals surface area contributed by atoms with Crippen LogP contribution in [-0.4, -0.2) is 39.6 Å². The maximum absolute atomic E-state index is 13.0. The summed E-state index contributed by atoms with van der Waals surface area (Å²) in [6, 6.07) is 0. The number of allylic oxidation sites excluding steroid dienone is 1. The minimum atomic E-state index is -5.90. The third kappa shape index (κ3) is 5.88. The van der Waals surface area contributed by atoms with E-state index in [2.05, 4.69) is 0 Å². The average molecular weight is 473 g/mol. The van der Waals surface area contributed by atoms with Crippen LogP contribution in [0.15, 0.2) is 12.2 Å². The van der Waals surface area contributed by atoms with Crippen LogP contribution < -0.4 is 0 Å². The molecule has 32 heavy (non-hydrogen) atoms. The van der Waals surface area contributed by atoms with Gasteiger partial charge >= 0.3 is 12.4 Å². The highest BCUT2D eigenvalue weighted by Crippen LogP contribution is 2.55. The van der Waals surface area contributed by atoms with Crippen molar-refractivity contribution in [3.8, 4) is 0 Å². The van der Waals surface area contributed by atoms with Crippen LogP contribution in [0.4, 0.5) is 26.3 Å². The van der Waals surface area contributed by atoms with Crippen molar-refractivity contribution in [1.82, 2.24) is 0 Å². The van der Waals surface area contributed by atoms with E-state index in [4.69, 9.17) is 0 Å². The molecule has 0 heterocycles. The second kappa shape index (κ2) is 9.28. The molecule has 0 bridgehead atoms. The molecule has 3 unspecified atom stereocenters. The lowest BCUT2D eigenvalue weighted by molar-refractivity contribution is -0.347. The summed E-state index contributed by atoms with van der Waals surface area (Å²) in [6.45, 7) is 5.12. The van der Waals surface area contributed by atoms with Crippen LogP contribution in [0.2, 0.25) is 0 Å². The zero-order valence-electron chi connectivity index (χ0n) is 18.8. The van der Waals surface area contributed by atoms with Crippen molar-refractivity contribution in [3.05, 3.63) is 12.2 Å². The highest BCUT2D eigenvalue weighted by Gasteiger charge is 2.69. The minimum absolute atomic E-state index is 0.0203. The van der Waals surface area contributed by atoms with Crippen LogP contribution in [0.3, 0.4) is 0 Å². The lowest BCUT2D eigenvalue weighted by atomic mass is 9.63. The van der Waals surface area contributed by atoms with Gasteiger partial charge < -0.3 is 10.2 Å². The zero-order valence-corrected chi connectivity index (χ0v) is 18.8. The topological polar surface area (TPSA) is 57.5 Å². The molecule has 4 atom stereocenters. The van der Waals surface area contributed by atoms with Crippen molar-refractivity contribution in [2.45, 2.75) is 102 Å². The summed E-state index contributed by atoms with van der Waals surface area (Å²) < 4.78 is 78.2. The molecule has 2 rings (SSSR count). The number of alkyl halides is 6. The number of Topliss-reactive ketones (excluding diaryl/α,β-unsaturated/α-hetero) is 1. The van der Waals surface area contributed by atoms with Crippen molar-refractivity contribution in [3.63, 3.8) is 0 Å². The number of halogens is 6. The van der Waals surface area contributed by atoms with Crippen molar-refractivity contribution >= 4 is 5.78 Å². The molecule has 2 N–H and O–H groups in total. The first-order valence-electron chi connectivity index (χ1n) is 11.2. The predicted octanol–water partition coefficient (Wildman–Crippen LogP) is 6.13. The van der Waals surface area contributed by atoms with Gasteiger partial charge in [-0.25, -0.2) is 0 Å². The second-order valence-electron chi connectivity index (χ2n) is 10.5. The molecule has 0 amide bonds. The maximum Gasteiger partial charge on any atom is 0.429 e. The molecule has 0 spiro atoms. The zero-order chi connectivity index (χ0) is 24.6. The molecule has 0 aromatic heterocycles. The van der Waals surface area contributed by atoms with Gasteiger partial charge in [-0.2, -0.15) is 26.3 Å². The van der Waals surface area contributed by atoms with E-state index in [1.165, 1.54) is 0 Å². The first kappa shape index (κ1) is 27.2. The lowest BCUT2D eigenvalue weighted by Gasteiger charge is -2.41. The van der Waals surface area contributed by atoms with E-state index in [1.54, 1.807) is 13.8 Å². The Hall–Kier alpha value is -1.09. The van der Waals surface area contributed by atoms with E-state index in [9.17, 15) is 41.4 Å². The van der Waals surface area contributed by atoms with Crippen molar-refractivity contribution in [2.24, 2.45) is 23.2 Å². The van der Waals surface area contributed by atoms with E-state index in [0.717, 1.165) is 18.9 Å². The van der Waals surface area contributed by atoms with E-state index >= 15 is 0 Å². The van der Waals surface area contributed by atoms with Crippen LogP contribution in [0.25, 0.3) is 0 Å². The second-order valence-corrected chi connectivity index (χ2v) is 10.5. The standard InChI is InChI=1S/C23H34F6O3/c1-19(2,31)11-5-12-20(3,17-10-9-16-15(17)7-4-8-18(16)30)13-6-14-21(32,22(24,25)26)23(27,28)29/h6,14-17,31-32H,4-5,7-13H2,1-3H3/b14-6-/t15?,16?,17?,20-/m0/s1. The fourth-order valence-electron chi connectivity index (χ4n) is 5.64. The summed E-state index contributed by atoms with van der Waals surface area (Å²) in [5.41, 5.74) is -6.51. The predicted molar refractivity (Wildman–Crippen MR) is 108 cm³/mol. The Morgan fingerprint density at radius 2 is 1.53 bits per heavy atom. The Balaban J connectivity index is 2.29. The number of hydrogen-bond donors (Lipinski definition) is 2. The average Bonchev–Trinajstić information content (AvgIpc) is 3.04. The van der Waals surface area contributed by atoms with Gasteiger partial charge in [0.1, 0.15) is 5.78 Å². The van der Waals surface area contributed by atoms with Crippen molar-refractivity contribution in [1.29, 1.82) is 0 Å². The third-order valence-electron chi connectivity index (χ3n) is 7.44. The molecule has 0 saturated heterocycles. The molecule has 0 aliphatic heterocycles. The third-order valence-corrected chi connectivity index (χ3v) is 7.44. The van der Waals surface area contributed by atoms with Gasteiger partial charge in [0.25, 0.3) is 5.60 Å². The van der Waals surface area contributed by atoms with Crippen LogP contribution in [0.5, 0.6) is 0 Å². The normalized spacial score (nSPS) is 27.6. The van der Waals surface area contributed by atoms with Crippen LogP contribution in [-0.2, 0) is 4.79 Å². The number of rotatable bonds is 8. The smallest absolute Gasteiger partial charge is 0.390 e. The fraction of sp³-hybridized carbons (Fsp3) is 0.870. The molecule has 9 heteroatoms. The van der Waals surface area contributed by atoms with E-state index in [-0.39, 0.29) is 36.0 Å². The first-order chi connectivity index (χ1) is 14.4. The van der Waals surface area contributed by atoms with Gasteiger partial charge in [0, 0.05) is 12.3 Å². The molecule has 0 aromatic carbocycles. The number of carbonyl (C=O) groups excluding carboxylic acids is 1. The van der Waals surface area contributed by atoms with Crippen molar-refractivity contribution in [2.75, 3.05) is 0 Å². The van der Waals surface area contributed by atoms with E-state index in [1.807, 2.05) is 6.92 Å². The van der Waals surface area contributed by atoms with Gasteiger partial charge in [-0.3, -0.25) is 4.79 Å². The Morgan fingerprint density at radius 1 is 0.938 bits per heavy atom. The molecular weight excluding hydrogens is 438 g/mol. The number of aliphatic hydroxyl groups is 2. The SMILES string of the molecule is CC(C)(O)CCC[C@@](C)(C/C=C\C(O)(C(F)(F)F)C(F)(F)F)C1CCC2C(=O)CCCC21. The molecule has 2 fully saturated rings. The molecule has 0 aromatic rings. The van der Waals surface area contributed by atoms with Gasteiger partial charge in [-0.15, -0.1) is 0 Å². The highest BCUT2D eigenvalue weighted by atomic mass is 19.4. The monoisotopic (exact) mass is 472 g/mol. The lowest BCUT2D eigenvalue weighted by Crippen LogP contribution is -2.55. The molecule has 2 aliphatic rings. The number of carbonyl (C=O) groups is 1. The number of ketones is 1. The van der Waals surface area contributed by atoms with Crippen LogP contribution in [0, 0.1) is 23.2 Å². The largest absolute Gasteiger partial charge is 0.429 e. The molecule has 186 valence electrons. The Kier molecular flexibility index (Phi) is 7.87. The molecule has 2 aliphatic carbocycles. The van der Waals surface area contributed by atoms with Crippen LogP contribution in [0.1, 0.15) is 78.6 Å². The van der Waals surface area contributed by atoms with Gasteiger partial charge in [0.15, 0.2) is 0 Å². The van der Waals surface area contributed by atoms with Crippen LogP contribution >= 0.6 is 0 Å². The van der Waals surface area contributed by atoms with Gasteiger partial charge in [-0.1, -0.05) is 19.4 Å². The summed E-state index contributed by atoms with van der Waals surface area (Å²) in [4.78, 5) is 12.3. The summed E-state index contributed by atoms with van der Waals surface area (Å²) >= 11 is 0. The Morgan fingerprint density at radius 3 is 2.06 bits per heavy atom. The molecule has 2 saturated carbocycles.